The van der Waals surface area contributed by atoms with Crippen LogP contribution in [0, 0.1) is 0 Å². The van der Waals surface area contributed by atoms with Gasteiger partial charge in [-0.25, -0.2) is 0 Å². The Morgan fingerprint density at radius 1 is 1.18 bits per heavy atom. The van der Waals surface area contributed by atoms with Crippen LogP contribution in [0.25, 0.3) is 0 Å². The fraction of sp³-hybridized carbons (Fsp3) is 0.600. The molecular formula is C20H31F3N4O. The van der Waals surface area contributed by atoms with Crippen molar-refractivity contribution in [3.8, 4) is 0 Å². The van der Waals surface area contributed by atoms with E-state index in [0.29, 0.717) is 44.0 Å². The first-order chi connectivity index (χ1) is 13.1. The molecule has 158 valence electrons. The molecule has 0 saturated carbocycles. The fourth-order valence-electron chi connectivity index (χ4n) is 2.59. The number of hydrogen-bond acceptors (Lipinski definition) is 2. The number of carbonyl (C=O) groups is 1. The number of hydrogen-bond donors (Lipinski definition) is 3. The van der Waals surface area contributed by atoms with E-state index < -0.39 is 11.7 Å². The van der Waals surface area contributed by atoms with Crippen LogP contribution in [0.15, 0.2) is 29.3 Å². The first-order valence-corrected chi connectivity index (χ1v) is 9.62. The normalized spacial score (nSPS) is 13.4. The molecule has 0 bridgehead atoms. The summed E-state index contributed by atoms with van der Waals surface area (Å²) in [5.41, 5.74) is 0.0170. The molecule has 3 N–H and O–H groups in total. The van der Waals surface area contributed by atoms with Crippen LogP contribution in [-0.2, 0) is 11.0 Å². The van der Waals surface area contributed by atoms with Gasteiger partial charge < -0.3 is 16.0 Å². The van der Waals surface area contributed by atoms with Gasteiger partial charge in [0.05, 0.1) is 5.56 Å². The summed E-state index contributed by atoms with van der Waals surface area (Å²) in [6, 6.07) is 5.53. The van der Waals surface area contributed by atoms with E-state index >= 15 is 0 Å². The second-order valence-electron chi connectivity index (χ2n) is 6.97. The molecule has 1 aromatic carbocycles. The third-order valence-corrected chi connectivity index (χ3v) is 4.05. The van der Waals surface area contributed by atoms with Gasteiger partial charge in [-0.3, -0.25) is 9.79 Å². The molecule has 0 heterocycles. The minimum Gasteiger partial charge on any atom is -0.357 e. The smallest absolute Gasteiger partial charge is 0.357 e. The molecule has 0 aliphatic carbocycles. The van der Waals surface area contributed by atoms with Crippen molar-refractivity contribution in [1.82, 2.24) is 16.0 Å². The van der Waals surface area contributed by atoms with Crippen LogP contribution < -0.4 is 16.0 Å². The van der Waals surface area contributed by atoms with Gasteiger partial charge in [0.25, 0.3) is 0 Å². The number of aliphatic imine (C=N–C) groups is 1. The highest BCUT2D eigenvalue weighted by atomic mass is 19.4. The lowest BCUT2D eigenvalue weighted by Crippen LogP contribution is -2.40. The highest BCUT2D eigenvalue weighted by Gasteiger charge is 2.30. The number of guanidine groups is 1. The monoisotopic (exact) mass is 400 g/mol. The molecule has 1 unspecified atom stereocenters. The lowest BCUT2D eigenvalue weighted by Gasteiger charge is -2.15. The van der Waals surface area contributed by atoms with Crippen molar-refractivity contribution in [2.24, 2.45) is 4.99 Å². The Kier molecular flexibility index (Phi) is 9.82. The predicted molar refractivity (Wildman–Crippen MR) is 106 cm³/mol. The number of nitrogens with one attached hydrogen (secondary N) is 3. The maximum Gasteiger partial charge on any atom is 0.416 e. The SMILES string of the molecule is CCNC(=NCCC(C)c1cccc(C(F)(F)F)c1)NCCC(=O)NC(C)C. The third kappa shape index (κ3) is 9.10. The lowest BCUT2D eigenvalue weighted by atomic mass is 9.96. The molecule has 1 amide bonds. The molecule has 5 nitrogen and oxygen atoms in total. The summed E-state index contributed by atoms with van der Waals surface area (Å²) in [7, 11) is 0. The molecule has 28 heavy (non-hydrogen) atoms. The molecule has 1 rings (SSSR count). The van der Waals surface area contributed by atoms with Crippen LogP contribution in [0.3, 0.4) is 0 Å². The van der Waals surface area contributed by atoms with Gasteiger partial charge in [0.15, 0.2) is 5.96 Å². The van der Waals surface area contributed by atoms with E-state index in [9.17, 15) is 18.0 Å². The zero-order valence-corrected chi connectivity index (χ0v) is 17.0. The second kappa shape index (κ2) is 11.6. The van der Waals surface area contributed by atoms with E-state index in [1.54, 1.807) is 6.07 Å². The van der Waals surface area contributed by atoms with E-state index in [1.165, 1.54) is 12.1 Å². The number of amides is 1. The Hall–Kier alpha value is -2.25. The van der Waals surface area contributed by atoms with Gasteiger partial charge in [0, 0.05) is 32.1 Å². The Labute approximate surface area is 165 Å². The Morgan fingerprint density at radius 2 is 1.89 bits per heavy atom. The molecule has 0 spiro atoms. The first-order valence-electron chi connectivity index (χ1n) is 9.62. The topological polar surface area (TPSA) is 65.5 Å². The number of alkyl halides is 3. The maximum atomic E-state index is 12.9. The van der Waals surface area contributed by atoms with Gasteiger partial charge in [-0.2, -0.15) is 13.2 Å². The lowest BCUT2D eigenvalue weighted by molar-refractivity contribution is -0.137. The number of rotatable bonds is 9. The summed E-state index contributed by atoms with van der Waals surface area (Å²) >= 11 is 0. The molecule has 0 aliphatic heterocycles. The van der Waals surface area contributed by atoms with Crippen LogP contribution in [0.4, 0.5) is 13.2 Å². The molecule has 1 atom stereocenters. The maximum absolute atomic E-state index is 12.9. The van der Waals surface area contributed by atoms with E-state index in [2.05, 4.69) is 20.9 Å². The van der Waals surface area contributed by atoms with Crippen molar-refractivity contribution in [3.63, 3.8) is 0 Å². The molecular weight excluding hydrogens is 369 g/mol. The van der Waals surface area contributed by atoms with Crippen molar-refractivity contribution in [2.45, 2.75) is 58.7 Å². The molecule has 0 aromatic heterocycles. The molecule has 0 radical (unpaired) electrons. The Balaban J connectivity index is 2.55. The van der Waals surface area contributed by atoms with Gasteiger partial charge >= 0.3 is 6.18 Å². The predicted octanol–water partition coefficient (Wildman–Crippen LogP) is 3.67. The van der Waals surface area contributed by atoms with Gasteiger partial charge in [-0.05, 0) is 44.7 Å². The molecule has 8 heteroatoms. The van der Waals surface area contributed by atoms with Crippen molar-refractivity contribution >= 4 is 11.9 Å². The zero-order valence-electron chi connectivity index (χ0n) is 17.0. The van der Waals surface area contributed by atoms with E-state index in [0.717, 1.165) is 6.07 Å². The molecule has 0 saturated heterocycles. The van der Waals surface area contributed by atoms with Crippen molar-refractivity contribution < 1.29 is 18.0 Å². The summed E-state index contributed by atoms with van der Waals surface area (Å²) < 4.78 is 38.6. The van der Waals surface area contributed by atoms with E-state index in [-0.39, 0.29) is 17.9 Å². The van der Waals surface area contributed by atoms with Gasteiger partial charge in [0.2, 0.25) is 5.91 Å². The first kappa shape index (κ1) is 23.8. The number of halogens is 3. The van der Waals surface area contributed by atoms with Crippen LogP contribution in [0.2, 0.25) is 0 Å². The highest BCUT2D eigenvalue weighted by molar-refractivity contribution is 5.81. The summed E-state index contributed by atoms with van der Waals surface area (Å²) in [6.45, 7) is 9.23. The molecule has 1 aromatic rings. The number of carbonyl (C=O) groups excluding carboxylic acids is 1. The minimum absolute atomic E-state index is 0.0310. The third-order valence-electron chi connectivity index (χ3n) is 4.05. The molecule has 0 fully saturated rings. The molecule has 0 aliphatic rings. The largest absolute Gasteiger partial charge is 0.416 e. The van der Waals surface area contributed by atoms with Crippen LogP contribution in [0.1, 0.15) is 57.6 Å². The number of benzene rings is 1. The van der Waals surface area contributed by atoms with E-state index in [1.807, 2.05) is 27.7 Å². The standard InChI is InChI=1S/C20H31F3N4O/c1-5-24-19(26-12-10-18(28)27-14(2)3)25-11-9-15(4)16-7-6-8-17(13-16)20(21,22)23/h6-8,13-15H,5,9-12H2,1-4H3,(H,27,28)(H2,24,25,26). The zero-order chi connectivity index (χ0) is 21.2. The summed E-state index contributed by atoms with van der Waals surface area (Å²) in [5.74, 6) is 0.512. The van der Waals surface area contributed by atoms with Crippen LogP contribution in [-0.4, -0.2) is 37.5 Å². The Morgan fingerprint density at radius 3 is 2.50 bits per heavy atom. The summed E-state index contributed by atoms with van der Waals surface area (Å²) in [5, 5.41) is 9.02. The van der Waals surface area contributed by atoms with Crippen molar-refractivity contribution in [3.05, 3.63) is 35.4 Å². The highest BCUT2D eigenvalue weighted by Crippen LogP contribution is 2.31. The summed E-state index contributed by atoms with van der Waals surface area (Å²) in [4.78, 5) is 16.1. The number of nitrogens with zero attached hydrogens (tertiary/aromatic N) is 1. The average molecular weight is 400 g/mol. The van der Waals surface area contributed by atoms with Gasteiger partial charge in [0.1, 0.15) is 0 Å². The minimum atomic E-state index is -4.34. The Bertz CT molecular complexity index is 645. The second-order valence-corrected chi connectivity index (χ2v) is 6.97. The average Bonchev–Trinajstić information content (AvgIpc) is 2.60. The quantitative estimate of drug-likeness (QED) is 0.438. The van der Waals surface area contributed by atoms with Crippen LogP contribution >= 0.6 is 0 Å². The van der Waals surface area contributed by atoms with Crippen LogP contribution in [0.5, 0.6) is 0 Å². The van der Waals surface area contributed by atoms with Crippen molar-refractivity contribution in [1.29, 1.82) is 0 Å². The van der Waals surface area contributed by atoms with Gasteiger partial charge in [-0.15, -0.1) is 0 Å². The van der Waals surface area contributed by atoms with E-state index in [4.69, 9.17) is 0 Å². The summed E-state index contributed by atoms with van der Waals surface area (Å²) in [6.07, 6.45) is -3.38. The van der Waals surface area contributed by atoms with Crippen molar-refractivity contribution in [2.75, 3.05) is 19.6 Å². The fourth-order valence-corrected chi connectivity index (χ4v) is 2.59. The van der Waals surface area contributed by atoms with Gasteiger partial charge in [-0.1, -0.05) is 25.1 Å².